The number of methoxy groups -OCH3 is 1. The Hall–Kier alpha value is -1.06. The van der Waals surface area contributed by atoms with Crippen molar-refractivity contribution in [2.24, 2.45) is 5.92 Å². The molecule has 1 rings (SSSR count). The third-order valence-corrected chi connectivity index (χ3v) is 3.21. The van der Waals surface area contributed by atoms with Crippen LogP contribution in [-0.4, -0.2) is 38.1 Å². The highest BCUT2D eigenvalue weighted by molar-refractivity contribution is 6.30. The number of halogens is 1. The van der Waals surface area contributed by atoms with Gasteiger partial charge in [0.1, 0.15) is 0 Å². The molecule has 106 valence electrons. The zero-order valence-corrected chi connectivity index (χ0v) is 12.6. The van der Waals surface area contributed by atoms with Crippen molar-refractivity contribution in [3.8, 4) is 0 Å². The molecule has 19 heavy (non-hydrogen) atoms. The van der Waals surface area contributed by atoms with Gasteiger partial charge in [0, 0.05) is 32.1 Å². The summed E-state index contributed by atoms with van der Waals surface area (Å²) in [6.45, 7) is 3.47. The van der Waals surface area contributed by atoms with Crippen LogP contribution in [0.5, 0.6) is 0 Å². The standard InChI is InChI=1S/C15H22ClNO2/c1-12(11-19-3)10-17(2)15(18)8-7-13-5-4-6-14(16)9-13/h4-6,9,12H,7-8,10-11H2,1-3H3. The van der Waals surface area contributed by atoms with Crippen molar-refractivity contribution in [2.45, 2.75) is 19.8 Å². The van der Waals surface area contributed by atoms with Crippen LogP contribution >= 0.6 is 11.6 Å². The fourth-order valence-corrected chi connectivity index (χ4v) is 2.25. The van der Waals surface area contributed by atoms with Crippen molar-refractivity contribution >= 4 is 17.5 Å². The van der Waals surface area contributed by atoms with Crippen LogP contribution in [0.3, 0.4) is 0 Å². The molecule has 0 bridgehead atoms. The van der Waals surface area contributed by atoms with Gasteiger partial charge in [-0.05, 0) is 30.0 Å². The quantitative estimate of drug-likeness (QED) is 0.770. The van der Waals surface area contributed by atoms with Crippen molar-refractivity contribution in [1.82, 2.24) is 4.90 Å². The lowest BCUT2D eigenvalue weighted by atomic mass is 10.1. The number of nitrogens with zero attached hydrogens (tertiary/aromatic N) is 1. The van der Waals surface area contributed by atoms with Gasteiger partial charge in [0.2, 0.25) is 5.91 Å². The van der Waals surface area contributed by atoms with Gasteiger partial charge in [-0.15, -0.1) is 0 Å². The molecule has 0 fully saturated rings. The third-order valence-electron chi connectivity index (χ3n) is 2.98. The molecule has 0 saturated heterocycles. The van der Waals surface area contributed by atoms with Gasteiger partial charge in [-0.25, -0.2) is 0 Å². The number of hydrogen-bond donors (Lipinski definition) is 0. The summed E-state index contributed by atoms with van der Waals surface area (Å²) in [5.74, 6) is 0.507. The van der Waals surface area contributed by atoms with Crippen LogP contribution in [0.1, 0.15) is 18.9 Å². The molecule has 0 saturated carbocycles. The van der Waals surface area contributed by atoms with Crippen LogP contribution in [0.15, 0.2) is 24.3 Å². The van der Waals surface area contributed by atoms with E-state index in [1.54, 1.807) is 12.0 Å². The molecule has 0 N–H and O–H groups in total. The van der Waals surface area contributed by atoms with Gasteiger partial charge in [0.05, 0.1) is 6.61 Å². The molecular weight excluding hydrogens is 262 g/mol. The van der Waals surface area contributed by atoms with E-state index >= 15 is 0 Å². The van der Waals surface area contributed by atoms with Gasteiger partial charge in [0.25, 0.3) is 0 Å². The molecule has 3 nitrogen and oxygen atoms in total. The first-order valence-corrected chi connectivity index (χ1v) is 6.88. The van der Waals surface area contributed by atoms with Gasteiger partial charge in [-0.2, -0.15) is 0 Å². The lowest BCUT2D eigenvalue weighted by molar-refractivity contribution is -0.130. The second-order valence-corrected chi connectivity index (χ2v) is 5.40. The zero-order valence-electron chi connectivity index (χ0n) is 11.9. The molecule has 0 aliphatic heterocycles. The predicted octanol–water partition coefficient (Wildman–Crippen LogP) is 3.01. The Labute approximate surface area is 120 Å². The van der Waals surface area contributed by atoms with Gasteiger partial charge < -0.3 is 9.64 Å². The number of carbonyl (C=O) groups is 1. The molecule has 1 atom stereocenters. The molecule has 1 unspecified atom stereocenters. The summed E-state index contributed by atoms with van der Waals surface area (Å²) in [7, 11) is 3.52. The maximum absolute atomic E-state index is 12.0. The van der Waals surface area contributed by atoms with E-state index in [0.29, 0.717) is 24.0 Å². The summed E-state index contributed by atoms with van der Waals surface area (Å²) in [6.07, 6.45) is 1.24. The van der Waals surface area contributed by atoms with E-state index < -0.39 is 0 Å². The fraction of sp³-hybridized carbons (Fsp3) is 0.533. The molecule has 1 aromatic carbocycles. The largest absolute Gasteiger partial charge is 0.384 e. The second-order valence-electron chi connectivity index (χ2n) is 4.96. The Kier molecular flexibility index (Phi) is 6.89. The molecule has 0 aromatic heterocycles. The Bertz CT molecular complexity index is 409. The Morgan fingerprint density at radius 2 is 2.21 bits per heavy atom. The van der Waals surface area contributed by atoms with Crippen molar-refractivity contribution in [1.29, 1.82) is 0 Å². The first-order valence-electron chi connectivity index (χ1n) is 6.50. The molecule has 1 aromatic rings. The first-order chi connectivity index (χ1) is 9.02. The maximum Gasteiger partial charge on any atom is 0.222 e. The maximum atomic E-state index is 12.0. The van der Waals surface area contributed by atoms with Gasteiger partial charge in [0.15, 0.2) is 0 Å². The Balaban J connectivity index is 2.38. The summed E-state index contributed by atoms with van der Waals surface area (Å²) in [5.41, 5.74) is 1.10. The minimum Gasteiger partial charge on any atom is -0.384 e. The summed E-state index contributed by atoms with van der Waals surface area (Å²) in [4.78, 5) is 13.8. The molecule has 0 aliphatic carbocycles. The normalized spacial score (nSPS) is 12.2. The second kappa shape index (κ2) is 8.18. The van der Waals surface area contributed by atoms with E-state index in [1.807, 2.05) is 31.3 Å². The predicted molar refractivity (Wildman–Crippen MR) is 78.5 cm³/mol. The Morgan fingerprint density at radius 1 is 1.47 bits per heavy atom. The Morgan fingerprint density at radius 3 is 2.84 bits per heavy atom. The van der Waals surface area contributed by atoms with E-state index in [0.717, 1.165) is 18.5 Å². The number of hydrogen-bond acceptors (Lipinski definition) is 2. The summed E-state index contributed by atoms with van der Waals surface area (Å²) in [6, 6.07) is 7.65. The summed E-state index contributed by atoms with van der Waals surface area (Å²) < 4.78 is 5.07. The average Bonchev–Trinajstić information content (AvgIpc) is 2.36. The lowest BCUT2D eigenvalue weighted by Crippen LogP contribution is -2.32. The van der Waals surface area contributed by atoms with Gasteiger partial charge in [-0.1, -0.05) is 30.7 Å². The van der Waals surface area contributed by atoms with Crippen LogP contribution < -0.4 is 0 Å². The minimum atomic E-state index is 0.155. The van der Waals surface area contributed by atoms with Crippen molar-refractivity contribution < 1.29 is 9.53 Å². The van der Waals surface area contributed by atoms with Crippen molar-refractivity contribution in [3.05, 3.63) is 34.9 Å². The topological polar surface area (TPSA) is 29.5 Å². The highest BCUT2D eigenvalue weighted by Gasteiger charge is 2.12. The molecule has 0 aliphatic rings. The molecule has 0 heterocycles. The smallest absolute Gasteiger partial charge is 0.222 e. The number of amides is 1. The molecular formula is C15H22ClNO2. The van der Waals surface area contributed by atoms with Crippen molar-refractivity contribution in [2.75, 3.05) is 27.3 Å². The van der Waals surface area contributed by atoms with E-state index in [2.05, 4.69) is 6.92 Å². The number of ether oxygens (including phenoxy) is 1. The van der Waals surface area contributed by atoms with Crippen LogP contribution in [0, 0.1) is 5.92 Å². The number of benzene rings is 1. The summed E-state index contributed by atoms with van der Waals surface area (Å²) in [5, 5.41) is 0.715. The summed E-state index contributed by atoms with van der Waals surface area (Å²) >= 11 is 5.92. The zero-order chi connectivity index (χ0) is 14.3. The average molecular weight is 284 g/mol. The number of carbonyl (C=O) groups excluding carboxylic acids is 1. The van der Waals surface area contributed by atoms with Gasteiger partial charge in [-0.3, -0.25) is 4.79 Å². The van der Waals surface area contributed by atoms with Gasteiger partial charge >= 0.3 is 0 Å². The van der Waals surface area contributed by atoms with Crippen LogP contribution in [0.25, 0.3) is 0 Å². The van der Waals surface area contributed by atoms with Crippen molar-refractivity contribution in [3.63, 3.8) is 0 Å². The van der Waals surface area contributed by atoms with E-state index in [1.165, 1.54) is 0 Å². The monoisotopic (exact) mass is 283 g/mol. The fourth-order valence-electron chi connectivity index (χ4n) is 2.04. The highest BCUT2D eigenvalue weighted by Crippen LogP contribution is 2.12. The van der Waals surface area contributed by atoms with E-state index in [-0.39, 0.29) is 5.91 Å². The molecule has 0 radical (unpaired) electrons. The molecule has 1 amide bonds. The lowest BCUT2D eigenvalue weighted by Gasteiger charge is -2.21. The highest BCUT2D eigenvalue weighted by atomic mass is 35.5. The molecule has 4 heteroatoms. The minimum absolute atomic E-state index is 0.155. The van der Waals surface area contributed by atoms with Crippen LogP contribution in [0.2, 0.25) is 5.02 Å². The molecule has 0 spiro atoms. The van der Waals surface area contributed by atoms with E-state index in [4.69, 9.17) is 16.3 Å². The van der Waals surface area contributed by atoms with Crippen LogP contribution in [0.4, 0.5) is 0 Å². The number of aryl methyl sites for hydroxylation is 1. The SMILES string of the molecule is COCC(C)CN(C)C(=O)CCc1cccc(Cl)c1. The van der Waals surface area contributed by atoms with Crippen LogP contribution in [-0.2, 0) is 16.0 Å². The first kappa shape index (κ1) is 16.0. The van der Waals surface area contributed by atoms with E-state index in [9.17, 15) is 4.79 Å². The number of rotatable bonds is 7. The third kappa shape index (κ3) is 6.08.